The number of H-pyrrole nitrogens is 2. The molecule has 0 bridgehead atoms. The number of hydrogen-bond donors (Lipinski definition) is 8. The molecule has 0 aliphatic heterocycles. The highest BCUT2D eigenvalue weighted by molar-refractivity contribution is 5.94. The van der Waals surface area contributed by atoms with E-state index in [4.69, 9.17) is 10.5 Å². The molecule has 336 valence electrons. The van der Waals surface area contributed by atoms with Crippen LogP contribution in [0.15, 0.2) is 55.4 Å². The molecule has 17 nitrogen and oxygen atoms in total. The van der Waals surface area contributed by atoms with Gasteiger partial charge < -0.3 is 46.8 Å². The number of aromatic amines is 2. The van der Waals surface area contributed by atoms with Crippen molar-refractivity contribution in [2.24, 2.45) is 34.8 Å². The molecule has 8 atom stereocenters. The van der Waals surface area contributed by atoms with Crippen LogP contribution in [0.4, 0.5) is 0 Å². The minimum Gasteiger partial charge on any atom is -0.444 e. The van der Waals surface area contributed by atoms with Gasteiger partial charge >= 0.3 is 5.97 Å². The molecule has 2 aromatic heterocycles. The molecule has 2 heterocycles. The van der Waals surface area contributed by atoms with Gasteiger partial charge in [0.2, 0.25) is 29.2 Å². The fraction of sp³-hybridized carbons (Fsp3) is 0.591. The second kappa shape index (κ2) is 22.3. The van der Waals surface area contributed by atoms with Crippen LogP contribution in [0.25, 0.3) is 0 Å². The lowest BCUT2D eigenvalue weighted by molar-refractivity contribution is -0.176. The van der Waals surface area contributed by atoms with Gasteiger partial charge in [0.05, 0.1) is 30.2 Å². The van der Waals surface area contributed by atoms with E-state index in [-0.39, 0.29) is 37.0 Å². The molecule has 0 spiro atoms. The van der Waals surface area contributed by atoms with Crippen LogP contribution in [-0.2, 0) is 51.9 Å². The second-order valence-electron chi connectivity index (χ2n) is 17.9. The molecule has 2 unspecified atom stereocenters. The normalized spacial score (nSPS) is 16.2. The number of aliphatic hydroxyl groups is 1. The third-order valence-electron chi connectivity index (χ3n) is 10.9. The number of hydrogen-bond acceptors (Lipinski definition) is 10. The third-order valence-corrected chi connectivity index (χ3v) is 10.9. The number of nitrogens with one attached hydrogen (secondary N) is 6. The Hall–Kier alpha value is -5.58. The maximum absolute atomic E-state index is 14.3. The molecular weight excluding hydrogens is 783 g/mol. The molecule has 0 saturated heterocycles. The van der Waals surface area contributed by atoms with E-state index < -0.39 is 82.7 Å². The number of ether oxygens (including phenoxy) is 1. The number of esters is 1. The Labute approximate surface area is 358 Å². The van der Waals surface area contributed by atoms with Crippen molar-refractivity contribution < 1.29 is 38.6 Å². The van der Waals surface area contributed by atoms with E-state index in [0.29, 0.717) is 29.8 Å². The lowest BCUT2D eigenvalue weighted by atomic mass is 9.85. The predicted molar refractivity (Wildman–Crippen MR) is 229 cm³/mol. The number of carbonyl (C=O) groups excluding carboxylic acids is 6. The smallest absolute Gasteiger partial charge is 0.312 e. The van der Waals surface area contributed by atoms with Crippen LogP contribution in [0.3, 0.4) is 0 Å². The fourth-order valence-electron chi connectivity index (χ4n) is 6.73. The highest BCUT2D eigenvalue weighted by atomic mass is 16.6. The predicted octanol–water partition coefficient (Wildman–Crippen LogP) is 2.96. The topological polar surface area (TPSA) is 263 Å². The van der Waals surface area contributed by atoms with Crippen LogP contribution < -0.4 is 27.0 Å². The van der Waals surface area contributed by atoms with Crippen molar-refractivity contribution in [1.82, 2.24) is 41.2 Å². The molecule has 0 radical (unpaired) electrons. The SMILES string of the molecule is CC[C@H](C)[C@H](NC(=O)[C@@H](CC(O)[C@H](CC(C)C)NC(=O)[C@H](Cc1cnc[nH]1)NC(=O)C(C)(OC(=O)C(C)(C)C)c1ccccc1)C(C)C)C(=O)N[C@@H](Cc1cnc[nH]1)C(N)=O. The van der Waals surface area contributed by atoms with Crippen molar-refractivity contribution in [3.8, 4) is 0 Å². The first-order valence-corrected chi connectivity index (χ1v) is 21.0. The maximum Gasteiger partial charge on any atom is 0.312 e. The Kier molecular flexibility index (Phi) is 18.2. The fourth-order valence-corrected chi connectivity index (χ4v) is 6.73. The van der Waals surface area contributed by atoms with Crippen LogP contribution >= 0.6 is 0 Å². The average Bonchev–Trinajstić information content (AvgIpc) is 3.92. The van der Waals surface area contributed by atoms with Gasteiger partial charge in [-0.3, -0.25) is 28.8 Å². The Morgan fingerprint density at radius 1 is 0.770 bits per heavy atom. The number of benzene rings is 1. The molecule has 0 aliphatic carbocycles. The molecule has 3 rings (SSSR count). The molecule has 9 N–H and O–H groups in total. The maximum atomic E-state index is 14.3. The first-order chi connectivity index (χ1) is 28.6. The summed E-state index contributed by atoms with van der Waals surface area (Å²) in [6.07, 6.45) is 5.53. The molecule has 17 heteroatoms. The van der Waals surface area contributed by atoms with Crippen molar-refractivity contribution >= 4 is 35.5 Å². The number of aliphatic hydroxyl groups excluding tert-OH is 1. The zero-order valence-corrected chi connectivity index (χ0v) is 37.2. The summed E-state index contributed by atoms with van der Waals surface area (Å²) in [5, 5.41) is 23.2. The van der Waals surface area contributed by atoms with Gasteiger partial charge in [-0.15, -0.1) is 0 Å². The summed E-state index contributed by atoms with van der Waals surface area (Å²) >= 11 is 0. The highest BCUT2D eigenvalue weighted by Gasteiger charge is 2.44. The number of aromatic nitrogens is 4. The summed E-state index contributed by atoms with van der Waals surface area (Å²) in [7, 11) is 0. The third kappa shape index (κ3) is 14.5. The lowest BCUT2D eigenvalue weighted by Gasteiger charge is -2.34. The monoisotopic (exact) mass is 850 g/mol. The van der Waals surface area contributed by atoms with E-state index >= 15 is 0 Å². The quantitative estimate of drug-likeness (QED) is 0.0647. The number of carbonyl (C=O) groups is 6. The Morgan fingerprint density at radius 2 is 1.34 bits per heavy atom. The van der Waals surface area contributed by atoms with Gasteiger partial charge in [-0.2, -0.15) is 0 Å². The summed E-state index contributed by atoms with van der Waals surface area (Å²) in [5.74, 6) is -5.25. The lowest BCUT2D eigenvalue weighted by Crippen LogP contribution is -2.58. The zero-order chi connectivity index (χ0) is 45.7. The first kappa shape index (κ1) is 49.8. The van der Waals surface area contributed by atoms with Crippen LogP contribution in [0, 0.1) is 29.1 Å². The Morgan fingerprint density at radius 3 is 1.82 bits per heavy atom. The van der Waals surface area contributed by atoms with Gasteiger partial charge in [-0.1, -0.05) is 78.3 Å². The zero-order valence-electron chi connectivity index (χ0n) is 37.2. The van der Waals surface area contributed by atoms with Crippen molar-refractivity contribution in [2.75, 3.05) is 0 Å². The Balaban J connectivity index is 1.87. The van der Waals surface area contributed by atoms with E-state index in [1.807, 2.05) is 41.5 Å². The van der Waals surface area contributed by atoms with Crippen LogP contribution in [0.5, 0.6) is 0 Å². The molecule has 61 heavy (non-hydrogen) atoms. The van der Waals surface area contributed by atoms with E-state index in [0.717, 1.165) is 0 Å². The molecular formula is C44H67N9O8. The molecule has 3 aromatic rings. The largest absolute Gasteiger partial charge is 0.444 e. The van der Waals surface area contributed by atoms with Crippen LogP contribution in [0.1, 0.15) is 105 Å². The van der Waals surface area contributed by atoms with Crippen LogP contribution in [-0.4, -0.2) is 90.8 Å². The number of primary amides is 1. The van der Waals surface area contributed by atoms with Gasteiger partial charge in [0.1, 0.15) is 18.1 Å². The standard InChI is InChI=1S/C44H67N9O8/c1-11-27(6)36(40(58)51-33(37(45)55)18-29-21-46-23-48-29)53-38(56)31(26(4)5)20-35(54)32(17-25(2)3)50-39(57)34(19-30-22-47-24-49-30)52-41(59)44(10,28-15-13-12-14-16-28)61-42(60)43(7,8)9/h12-16,21-27,31-36,54H,11,17-20H2,1-10H3,(H2,45,55)(H,46,48)(H,47,49)(H,50,57)(H,51,58)(H,52,59)(H,53,56)/t27-,31-,32-,33-,34-,35?,36-,44?/m0/s1. The minimum absolute atomic E-state index is 0.0106. The summed E-state index contributed by atoms with van der Waals surface area (Å²) in [6.45, 7) is 17.7. The van der Waals surface area contributed by atoms with E-state index in [1.54, 1.807) is 51.1 Å². The first-order valence-electron chi connectivity index (χ1n) is 21.0. The second-order valence-corrected chi connectivity index (χ2v) is 17.9. The van der Waals surface area contributed by atoms with E-state index in [9.17, 15) is 33.9 Å². The molecule has 0 fully saturated rings. The number of imidazole rings is 2. The molecule has 1 aromatic carbocycles. The molecule has 0 aliphatic rings. The van der Waals surface area contributed by atoms with Crippen molar-refractivity contribution in [2.45, 2.75) is 137 Å². The van der Waals surface area contributed by atoms with Gasteiger partial charge in [0.15, 0.2) is 0 Å². The van der Waals surface area contributed by atoms with Crippen LogP contribution in [0.2, 0.25) is 0 Å². The summed E-state index contributed by atoms with van der Waals surface area (Å²) in [5.41, 5.74) is 4.39. The van der Waals surface area contributed by atoms with Crippen molar-refractivity contribution in [3.05, 3.63) is 72.3 Å². The Bertz CT molecular complexity index is 1880. The molecule has 5 amide bonds. The molecule has 0 saturated carbocycles. The highest BCUT2D eigenvalue weighted by Crippen LogP contribution is 2.30. The average molecular weight is 850 g/mol. The number of amides is 5. The summed E-state index contributed by atoms with van der Waals surface area (Å²) in [4.78, 5) is 95.7. The number of rotatable bonds is 23. The van der Waals surface area contributed by atoms with Crippen molar-refractivity contribution in [3.63, 3.8) is 0 Å². The van der Waals surface area contributed by atoms with Gasteiger partial charge in [0.25, 0.3) is 5.91 Å². The number of nitrogens with zero attached hydrogens (tertiary/aromatic N) is 2. The minimum atomic E-state index is -1.82. The van der Waals surface area contributed by atoms with Gasteiger partial charge in [-0.25, -0.2) is 9.97 Å². The number of nitrogens with two attached hydrogens (primary N) is 1. The van der Waals surface area contributed by atoms with Crippen molar-refractivity contribution in [1.29, 1.82) is 0 Å². The summed E-state index contributed by atoms with van der Waals surface area (Å²) < 4.78 is 5.91. The summed E-state index contributed by atoms with van der Waals surface area (Å²) in [6, 6.07) is 4.34. The van der Waals surface area contributed by atoms with E-state index in [2.05, 4.69) is 41.2 Å². The van der Waals surface area contributed by atoms with Gasteiger partial charge in [-0.05, 0) is 58.3 Å². The van der Waals surface area contributed by atoms with E-state index in [1.165, 1.54) is 32.0 Å². The van der Waals surface area contributed by atoms with Gasteiger partial charge in [0, 0.05) is 48.1 Å².